The number of allylic oxidation sites excluding steroid dienone is 1. The van der Waals surface area contributed by atoms with Crippen LogP contribution in [-0.4, -0.2) is 154 Å². The fourth-order valence-electron chi connectivity index (χ4n) is 4.89. The Bertz CT molecular complexity index is 1640. The molecular formula is C37H53N7O14. The van der Waals surface area contributed by atoms with Crippen LogP contribution in [0.2, 0.25) is 0 Å². The molecule has 0 saturated carbocycles. The number of ether oxygens (including phenoxy) is 5. The number of carbonyl (C=O) groups excluding carboxylic acids is 6. The Labute approximate surface area is 335 Å². The predicted octanol–water partition coefficient (Wildman–Crippen LogP) is -1.26. The normalized spacial score (nSPS) is 13.1. The lowest BCUT2D eigenvalue weighted by Gasteiger charge is -2.17. The number of carboxylic acids is 1. The second kappa shape index (κ2) is 26.9. The minimum absolute atomic E-state index is 0.0145. The van der Waals surface area contributed by atoms with Crippen LogP contribution in [0.4, 0.5) is 0 Å². The van der Waals surface area contributed by atoms with E-state index in [-0.39, 0.29) is 98.2 Å². The van der Waals surface area contributed by atoms with Crippen molar-refractivity contribution in [3.63, 3.8) is 0 Å². The number of rotatable bonds is 30. The third-order valence-electron chi connectivity index (χ3n) is 7.75. The van der Waals surface area contributed by atoms with E-state index in [1.54, 1.807) is 0 Å². The first-order chi connectivity index (χ1) is 27.7. The molecule has 21 nitrogen and oxygen atoms in total. The highest BCUT2D eigenvalue weighted by Crippen LogP contribution is 2.22. The lowest BCUT2D eigenvalue weighted by atomic mass is 10.1. The Morgan fingerprint density at radius 3 is 1.93 bits per heavy atom. The molecule has 0 saturated heterocycles. The molecule has 0 spiro atoms. The van der Waals surface area contributed by atoms with E-state index in [0.29, 0.717) is 46.0 Å². The van der Waals surface area contributed by atoms with Crippen molar-refractivity contribution in [3.8, 4) is 11.5 Å². The molecule has 0 radical (unpaired) electrons. The van der Waals surface area contributed by atoms with Gasteiger partial charge in [-0.25, -0.2) is 4.79 Å². The summed E-state index contributed by atoms with van der Waals surface area (Å²) in [6.45, 7) is 5.38. The van der Waals surface area contributed by atoms with Gasteiger partial charge in [0.15, 0.2) is 0 Å². The SMILES string of the molecule is CC(=N)C(C(=O)N[C@@H](CNC(=O)c1cc(O)cc(OCCCNC(=O)CCOCCOCCOCCOCCNC(=O)CCN2C(=O)C=CC2=O)c1)C(=O)O)=C(C)N. The Kier molecular flexibility index (Phi) is 22.3. The van der Waals surface area contributed by atoms with Crippen LogP contribution in [0.1, 0.15) is 43.5 Å². The summed E-state index contributed by atoms with van der Waals surface area (Å²) in [6, 6.07) is 2.24. The van der Waals surface area contributed by atoms with Crippen LogP contribution < -0.4 is 31.7 Å². The van der Waals surface area contributed by atoms with E-state index in [4.69, 9.17) is 34.8 Å². The number of nitrogens with two attached hydrogens (primary N) is 1. The molecule has 21 heteroatoms. The van der Waals surface area contributed by atoms with Crippen LogP contribution in [-0.2, 0) is 47.7 Å². The number of aromatic hydroxyl groups is 1. The molecule has 1 aliphatic heterocycles. The van der Waals surface area contributed by atoms with Gasteiger partial charge in [0.05, 0.1) is 65.0 Å². The first-order valence-electron chi connectivity index (χ1n) is 18.4. The molecule has 1 aromatic carbocycles. The highest BCUT2D eigenvalue weighted by Gasteiger charge is 2.25. The first kappa shape index (κ1) is 48.2. The van der Waals surface area contributed by atoms with Gasteiger partial charge in [-0.15, -0.1) is 0 Å². The molecule has 1 atom stereocenters. The van der Waals surface area contributed by atoms with Gasteiger partial charge in [0.1, 0.15) is 17.5 Å². The standard InChI is InChI=1S/C37H53N7O14/c1-24(38)34(25(2)39)36(51)43-29(37(52)53)23-42-35(50)26-20-27(45)22-28(21-26)58-11-3-8-40-31(47)7-12-54-14-16-56-18-19-57-17-15-55-13-9-41-30(46)6-10-44-32(48)4-5-33(44)49/h4-5,20-22,29,38,45H,3,6-19,23,39H2,1-2H3,(H,40,47)(H,41,46)(H,42,50)(H,43,51)(H,52,53)/t29-/m0/s1. The summed E-state index contributed by atoms with van der Waals surface area (Å²) in [7, 11) is 0. The first-order valence-corrected chi connectivity index (χ1v) is 18.4. The Morgan fingerprint density at radius 1 is 0.776 bits per heavy atom. The number of phenols is 1. The summed E-state index contributed by atoms with van der Waals surface area (Å²) < 4.78 is 27.2. The molecule has 2 rings (SSSR count). The maximum Gasteiger partial charge on any atom is 0.328 e. The number of phenolic OH excluding ortho intramolecular Hbond substituents is 1. The van der Waals surface area contributed by atoms with Crippen LogP contribution in [0, 0.1) is 5.41 Å². The van der Waals surface area contributed by atoms with Crippen molar-refractivity contribution in [1.82, 2.24) is 26.2 Å². The molecule has 0 aliphatic carbocycles. The van der Waals surface area contributed by atoms with Crippen molar-refractivity contribution >= 4 is 47.1 Å². The summed E-state index contributed by atoms with van der Waals surface area (Å²) in [5.41, 5.74) is 5.30. The number of aliphatic carboxylic acids is 1. The molecule has 1 heterocycles. The maximum atomic E-state index is 12.7. The third-order valence-corrected chi connectivity index (χ3v) is 7.75. The number of nitrogens with one attached hydrogen (secondary N) is 5. The van der Waals surface area contributed by atoms with Gasteiger partial charge in [0, 0.05) is 74.2 Å². The Morgan fingerprint density at radius 2 is 1.34 bits per heavy atom. The van der Waals surface area contributed by atoms with E-state index in [0.717, 1.165) is 11.0 Å². The zero-order chi connectivity index (χ0) is 42.9. The average Bonchev–Trinajstić information content (AvgIpc) is 3.48. The third kappa shape index (κ3) is 19.3. The van der Waals surface area contributed by atoms with Gasteiger partial charge in [-0.3, -0.25) is 33.7 Å². The van der Waals surface area contributed by atoms with E-state index in [1.165, 1.54) is 38.1 Å². The zero-order valence-electron chi connectivity index (χ0n) is 32.6. The quantitative estimate of drug-likeness (QED) is 0.0194. The molecule has 0 unspecified atom stereocenters. The fraction of sp³-hybridized carbons (Fsp3) is 0.514. The second-order valence-electron chi connectivity index (χ2n) is 12.5. The smallest absolute Gasteiger partial charge is 0.328 e. The van der Waals surface area contributed by atoms with Crippen molar-refractivity contribution in [2.24, 2.45) is 5.73 Å². The van der Waals surface area contributed by atoms with Crippen LogP contribution >= 0.6 is 0 Å². The van der Waals surface area contributed by atoms with Crippen molar-refractivity contribution in [3.05, 3.63) is 47.2 Å². The fourth-order valence-corrected chi connectivity index (χ4v) is 4.89. The number of carbonyl (C=O) groups is 7. The average molecular weight is 820 g/mol. The van der Waals surface area contributed by atoms with Crippen LogP contribution in [0.5, 0.6) is 11.5 Å². The number of nitrogens with zero attached hydrogens (tertiary/aromatic N) is 1. The van der Waals surface area contributed by atoms with Crippen molar-refractivity contribution in [2.45, 2.75) is 39.2 Å². The van der Waals surface area contributed by atoms with Crippen LogP contribution in [0.25, 0.3) is 0 Å². The van der Waals surface area contributed by atoms with Gasteiger partial charge in [0.25, 0.3) is 23.6 Å². The number of benzene rings is 1. The topological polar surface area (TPSA) is 307 Å². The molecule has 1 aromatic rings. The van der Waals surface area contributed by atoms with Gasteiger partial charge in [-0.05, 0) is 32.4 Å². The van der Waals surface area contributed by atoms with E-state index >= 15 is 0 Å². The van der Waals surface area contributed by atoms with E-state index in [1.807, 2.05) is 0 Å². The van der Waals surface area contributed by atoms with Gasteiger partial charge in [0.2, 0.25) is 11.8 Å². The maximum absolute atomic E-state index is 12.7. The monoisotopic (exact) mass is 819 g/mol. The van der Waals surface area contributed by atoms with Gasteiger partial charge in [-0.2, -0.15) is 0 Å². The number of hydrogen-bond acceptors (Lipinski definition) is 15. The minimum atomic E-state index is -1.53. The van der Waals surface area contributed by atoms with Gasteiger partial charge in [-0.1, -0.05) is 0 Å². The minimum Gasteiger partial charge on any atom is -0.508 e. The van der Waals surface area contributed by atoms with E-state index in [2.05, 4.69) is 21.3 Å². The number of hydrogen-bond donors (Lipinski definition) is 8. The van der Waals surface area contributed by atoms with E-state index < -0.39 is 42.2 Å². The molecule has 1 aliphatic rings. The van der Waals surface area contributed by atoms with Crippen LogP contribution in [0.15, 0.2) is 41.6 Å². The Balaban J connectivity index is 1.47. The molecule has 0 fully saturated rings. The summed E-state index contributed by atoms with van der Waals surface area (Å²) in [5.74, 6) is -4.54. The summed E-state index contributed by atoms with van der Waals surface area (Å²) >= 11 is 0. The molecule has 320 valence electrons. The number of amides is 6. The predicted molar refractivity (Wildman–Crippen MR) is 205 cm³/mol. The second-order valence-corrected chi connectivity index (χ2v) is 12.5. The molecular weight excluding hydrogens is 766 g/mol. The largest absolute Gasteiger partial charge is 0.508 e. The Hall–Kier alpha value is -5.90. The van der Waals surface area contributed by atoms with Gasteiger partial charge < -0.3 is 66.3 Å². The zero-order valence-corrected chi connectivity index (χ0v) is 32.6. The van der Waals surface area contributed by atoms with E-state index in [9.17, 15) is 43.8 Å². The highest BCUT2D eigenvalue weighted by molar-refractivity contribution is 6.20. The number of imide groups is 1. The van der Waals surface area contributed by atoms with Gasteiger partial charge >= 0.3 is 5.97 Å². The highest BCUT2D eigenvalue weighted by atomic mass is 16.6. The summed E-state index contributed by atoms with van der Waals surface area (Å²) in [6.07, 6.45) is 2.90. The van der Waals surface area contributed by atoms with Crippen LogP contribution in [0.3, 0.4) is 0 Å². The summed E-state index contributed by atoms with van der Waals surface area (Å²) in [5, 5.41) is 37.3. The number of carboxylic acid groups (broad SMARTS) is 1. The lowest BCUT2D eigenvalue weighted by Crippen LogP contribution is -2.49. The molecule has 0 bridgehead atoms. The summed E-state index contributed by atoms with van der Waals surface area (Å²) in [4.78, 5) is 84.7. The van der Waals surface area contributed by atoms with Crippen molar-refractivity contribution in [1.29, 1.82) is 5.41 Å². The lowest BCUT2D eigenvalue weighted by molar-refractivity contribution is -0.141. The van der Waals surface area contributed by atoms with Crippen molar-refractivity contribution < 1.29 is 67.5 Å². The molecule has 6 amide bonds. The van der Waals surface area contributed by atoms with Crippen molar-refractivity contribution in [2.75, 3.05) is 85.6 Å². The molecule has 9 N–H and O–H groups in total. The molecule has 58 heavy (non-hydrogen) atoms. The molecule has 0 aromatic heterocycles.